The summed E-state index contributed by atoms with van der Waals surface area (Å²) in [5.41, 5.74) is 1.01. The van der Waals surface area contributed by atoms with Crippen LogP contribution in [0.25, 0.3) is 0 Å². The number of hydrogen-bond acceptors (Lipinski definition) is 2. The van der Waals surface area contributed by atoms with Crippen LogP contribution in [0.1, 0.15) is 44.6 Å². The molecule has 1 fully saturated rings. The third-order valence-electron chi connectivity index (χ3n) is 4.30. The van der Waals surface area contributed by atoms with E-state index in [2.05, 4.69) is 11.9 Å². The first-order chi connectivity index (χ1) is 8.70. The third kappa shape index (κ3) is 3.46. The van der Waals surface area contributed by atoms with Gasteiger partial charge in [0.1, 0.15) is 0 Å². The molecule has 1 atom stereocenters. The summed E-state index contributed by atoms with van der Waals surface area (Å²) in [5, 5.41) is 11.0. The lowest BCUT2D eigenvalue weighted by molar-refractivity contribution is 0.0735. The highest BCUT2D eigenvalue weighted by Gasteiger charge is 2.26. The summed E-state index contributed by atoms with van der Waals surface area (Å²) in [6.45, 7) is 2.26. The van der Waals surface area contributed by atoms with Gasteiger partial charge in [-0.15, -0.1) is 0 Å². The topological polar surface area (TPSA) is 33.1 Å². The minimum atomic E-state index is -0.261. The van der Waals surface area contributed by atoms with Gasteiger partial charge in [-0.25, -0.2) is 0 Å². The number of halogens is 1. The van der Waals surface area contributed by atoms with Crippen molar-refractivity contribution in [2.45, 2.75) is 51.6 Å². The zero-order chi connectivity index (χ0) is 13.0. The quantitative estimate of drug-likeness (QED) is 0.899. The van der Waals surface area contributed by atoms with Crippen molar-refractivity contribution in [2.75, 3.05) is 0 Å². The maximum Gasteiger partial charge on any atom is 0.0622 e. The predicted molar refractivity (Wildman–Crippen MR) is 74.7 cm³/mol. The van der Waals surface area contributed by atoms with Crippen LogP contribution in [0, 0.1) is 11.8 Å². The molecule has 2 rings (SSSR count). The fourth-order valence-corrected chi connectivity index (χ4v) is 3.14. The van der Waals surface area contributed by atoms with Crippen LogP contribution in [0.5, 0.6) is 0 Å². The second kappa shape index (κ2) is 6.53. The van der Waals surface area contributed by atoms with Crippen LogP contribution < -0.4 is 0 Å². The van der Waals surface area contributed by atoms with Crippen molar-refractivity contribution in [1.29, 1.82) is 0 Å². The molecule has 0 aromatic carbocycles. The standard InChI is InChI=1S/C15H22ClNO/c1-2-11-3-5-12(6-4-11)15(18)9-13-7-8-17-10-14(13)16/h7-8,10-12,15,18H,2-6,9H2,1H3. The second-order valence-electron chi connectivity index (χ2n) is 5.43. The smallest absolute Gasteiger partial charge is 0.0622 e. The lowest BCUT2D eigenvalue weighted by Crippen LogP contribution is -2.27. The monoisotopic (exact) mass is 267 g/mol. The van der Waals surface area contributed by atoms with Gasteiger partial charge in [0.05, 0.1) is 11.1 Å². The van der Waals surface area contributed by atoms with Gasteiger partial charge in [0.25, 0.3) is 0 Å². The van der Waals surface area contributed by atoms with Gasteiger partial charge in [0, 0.05) is 18.8 Å². The van der Waals surface area contributed by atoms with E-state index in [9.17, 15) is 5.11 Å². The van der Waals surface area contributed by atoms with E-state index in [1.54, 1.807) is 12.4 Å². The van der Waals surface area contributed by atoms with Crippen molar-refractivity contribution in [3.05, 3.63) is 29.0 Å². The Kier molecular flexibility index (Phi) is 5.02. The largest absolute Gasteiger partial charge is 0.392 e. The molecule has 2 nitrogen and oxygen atoms in total. The predicted octanol–water partition coefficient (Wildman–Crippen LogP) is 3.85. The van der Waals surface area contributed by atoms with Gasteiger partial charge >= 0.3 is 0 Å². The molecule has 0 radical (unpaired) electrons. The zero-order valence-electron chi connectivity index (χ0n) is 11.0. The number of aliphatic hydroxyl groups is 1. The van der Waals surface area contributed by atoms with E-state index in [1.165, 1.54) is 19.3 Å². The van der Waals surface area contributed by atoms with Crippen molar-refractivity contribution in [1.82, 2.24) is 4.98 Å². The Labute approximate surface area is 114 Å². The minimum Gasteiger partial charge on any atom is -0.392 e. The summed E-state index contributed by atoms with van der Waals surface area (Å²) in [5.74, 6) is 1.31. The molecule has 3 heteroatoms. The van der Waals surface area contributed by atoms with Gasteiger partial charge in [0.15, 0.2) is 0 Å². The maximum atomic E-state index is 10.3. The van der Waals surface area contributed by atoms with Crippen molar-refractivity contribution in [3.8, 4) is 0 Å². The van der Waals surface area contributed by atoms with Crippen LogP contribution >= 0.6 is 11.6 Å². The Morgan fingerprint density at radius 2 is 2.11 bits per heavy atom. The van der Waals surface area contributed by atoms with E-state index < -0.39 is 0 Å². The highest BCUT2D eigenvalue weighted by Crippen LogP contribution is 2.33. The minimum absolute atomic E-state index is 0.261. The Morgan fingerprint density at radius 1 is 1.39 bits per heavy atom. The molecule has 1 aliphatic rings. The number of aliphatic hydroxyl groups excluding tert-OH is 1. The Morgan fingerprint density at radius 3 is 2.72 bits per heavy atom. The summed E-state index contributed by atoms with van der Waals surface area (Å²) in [6, 6.07) is 1.91. The lowest BCUT2D eigenvalue weighted by atomic mass is 9.77. The average molecular weight is 268 g/mol. The number of pyridine rings is 1. The van der Waals surface area contributed by atoms with Crippen LogP contribution in [0.2, 0.25) is 5.02 Å². The first kappa shape index (κ1) is 13.8. The van der Waals surface area contributed by atoms with Crippen LogP contribution in [0.4, 0.5) is 0 Å². The van der Waals surface area contributed by atoms with E-state index in [4.69, 9.17) is 11.6 Å². The van der Waals surface area contributed by atoms with E-state index in [0.717, 1.165) is 24.3 Å². The SMILES string of the molecule is CCC1CCC(C(O)Cc2ccncc2Cl)CC1. The summed E-state index contributed by atoms with van der Waals surface area (Å²) in [7, 11) is 0. The molecule has 1 saturated carbocycles. The van der Waals surface area contributed by atoms with Gasteiger partial charge in [-0.05, 0) is 36.3 Å². The van der Waals surface area contributed by atoms with Crippen LogP contribution in [-0.2, 0) is 6.42 Å². The lowest BCUT2D eigenvalue weighted by Gasteiger charge is -2.31. The molecule has 1 heterocycles. The van der Waals surface area contributed by atoms with Crippen molar-refractivity contribution >= 4 is 11.6 Å². The number of nitrogens with zero attached hydrogens (tertiary/aromatic N) is 1. The highest BCUT2D eigenvalue weighted by atomic mass is 35.5. The van der Waals surface area contributed by atoms with E-state index in [1.807, 2.05) is 6.07 Å². The van der Waals surface area contributed by atoms with Gasteiger partial charge in [-0.1, -0.05) is 37.8 Å². The third-order valence-corrected chi connectivity index (χ3v) is 4.64. The summed E-state index contributed by atoms with van der Waals surface area (Å²) < 4.78 is 0. The number of rotatable bonds is 4. The second-order valence-corrected chi connectivity index (χ2v) is 5.83. The van der Waals surface area contributed by atoms with Gasteiger partial charge < -0.3 is 5.11 Å². The molecule has 0 amide bonds. The first-order valence-corrected chi connectivity index (χ1v) is 7.35. The molecule has 1 aromatic rings. The van der Waals surface area contributed by atoms with Crippen molar-refractivity contribution in [3.63, 3.8) is 0 Å². The molecular formula is C15H22ClNO. The molecule has 1 aromatic heterocycles. The van der Waals surface area contributed by atoms with Gasteiger partial charge in [-0.2, -0.15) is 0 Å². The molecule has 18 heavy (non-hydrogen) atoms. The highest BCUT2D eigenvalue weighted by molar-refractivity contribution is 6.31. The van der Waals surface area contributed by atoms with Crippen LogP contribution in [0.3, 0.4) is 0 Å². The molecule has 0 spiro atoms. The normalized spacial score (nSPS) is 25.9. The molecule has 1 N–H and O–H groups in total. The Balaban J connectivity index is 1.89. The first-order valence-electron chi connectivity index (χ1n) is 6.97. The number of aromatic nitrogens is 1. The zero-order valence-corrected chi connectivity index (χ0v) is 11.7. The van der Waals surface area contributed by atoms with Crippen LogP contribution in [0.15, 0.2) is 18.5 Å². The molecular weight excluding hydrogens is 246 g/mol. The van der Waals surface area contributed by atoms with E-state index in [-0.39, 0.29) is 6.10 Å². The molecule has 0 bridgehead atoms. The van der Waals surface area contributed by atoms with Gasteiger partial charge in [-0.3, -0.25) is 4.98 Å². The molecule has 100 valence electrons. The summed E-state index contributed by atoms with van der Waals surface area (Å²) in [6.07, 6.45) is 9.90. The molecule has 1 aliphatic carbocycles. The maximum absolute atomic E-state index is 10.3. The molecule has 0 saturated heterocycles. The summed E-state index contributed by atoms with van der Waals surface area (Å²) >= 11 is 6.08. The fourth-order valence-electron chi connectivity index (χ4n) is 2.94. The Hall–Kier alpha value is -0.600. The molecule has 1 unspecified atom stereocenters. The van der Waals surface area contributed by atoms with Crippen molar-refractivity contribution in [2.24, 2.45) is 11.8 Å². The summed E-state index contributed by atoms with van der Waals surface area (Å²) in [4.78, 5) is 3.97. The van der Waals surface area contributed by atoms with E-state index >= 15 is 0 Å². The average Bonchev–Trinajstić information content (AvgIpc) is 2.41. The fraction of sp³-hybridized carbons (Fsp3) is 0.667. The van der Waals surface area contributed by atoms with Crippen LogP contribution in [-0.4, -0.2) is 16.2 Å². The van der Waals surface area contributed by atoms with E-state index in [0.29, 0.717) is 17.4 Å². The number of hydrogen-bond donors (Lipinski definition) is 1. The van der Waals surface area contributed by atoms with Crippen molar-refractivity contribution < 1.29 is 5.11 Å². The molecule has 0 aliphatic heterocycles. The van der Waals surface area contributed by atoms with Gasteiger partial charge in [0.2, 0.25) is 0 Å². The Bertz CT molecular complexity index is 375.